The lowest BCUT2D eigenvalue weighted by atomic mass is 10.1. The molecule has 1 aliphatic rings. The van der Waals surface area contributed by atoms with E-state index in [2.05, 4.69) is 10.1 Å². The van der Waals surface area contributed by atoms with E-state index < -0.39 is 0 Å². The number of ether oxygens (including phenoxy) is 2. The minimum Gasteiger partial charge on any atom is -0.376 e. The minimum atomic E-state index is -0.372. The quantitative estimate of drug-likeness (QED) is 0.832. The summed E-state index contributed by atoms with van der Waals surface area (Å²) >= 11 is 0. The molecule has 0 N–H and O–H groups in total. The van der Waals surface area contributed by atoms with Gasteiger partial charge in [0.15, 0.2) is 6.10 Å². The topological polar surface area (TPSA) is 57.4 Å². The Kier molecular flexibility index (Phi) is 3.27. The maximum absolute atomic E-state index is 13.8. The smallest absolute Gasteiger partial charge is 0.258 e. The molecule has 1 aromatic heterocycles. The maximum Gasteiger partial charge on any atom is 0.258 e. The molecule has 2 heterocycles. The Morgan fingerprint density at radius 1 is 1.32 bits per heavy atom. The Labute approximate surface area is 109 Å². The highest BCUT2D eigenvalue weighted by molar-refractivity contribution is 5.55. The van der Waals surface area contributed by atoms with Crippen molar-refractivity contribution in [2.45, 2.75) is 13.0 Å². The van der Waals surface area contributed by atoms with E-state index in [0.29, 0.717) is 31.3 Å². The van der Waals surface area contributed by atoms with Gasteiger partial charge in [-0.25, -0.2) is 4.39 Å². The third-order valence-corrected chi connectivity index (χ3v) is 2.90. The van der Waals surface area contributed by atoms with Gasteiger partial charge in [0.1, 0.15) is 5.82 Å². The number of aromatic nitrogens is 2. The summed E-state index contributed by atoms with van der Waals surface area (Å²) in [5.74, 6) is 0.171. The number of nitrogens with zero attached hydrogens (tertiary/aromatic N) is 2. The molecule has 0 saturated carbocycles. The molecule has 2 aromatic rings. The van der Waals surface area contributed by atoms with Crippen molar-refractivity contribution in [1.82, 2.24) is 10.1 Å². The van der Waals surface area contributed by atoms with Gasteiger partial charge in [-0.15, -0.1) is 0 Å². The fraction of sp³-hybridized carbons (Fsp3) is 0.385. The fourth-order valence-corrected chi connectivity index (χ4v) is 1.91. The molecule has 1 atom stereocenters. The molecular formula is C13H13FN2O3. The molecule has 0 amide bonds. The average molecular weight is 264 g/mol. The van der Waals surface area contributed by atoms with Crippen molar-refractivity contribution in [1.29, 1.82) is 0 Å². The maximum atomic E-state index is 13.8. The van der Waals surface area contributed by atoms with Crippen LogP contribution in [0.5, 0.6) is 0 Å². The van der Waals surface area contributed by atoms with Crippen molar-refractivity contribution in [2.75, 3.05) is 19.8 Å². The van der Waals surface area contributed by atoms with E-state index in [1.54, 1.807) is 12.1 Å². The average Bonchev–Trinajstić information content (AvgIpc) is 2.89. The second-order valence-corrected chi connectivity index (χ2v) is 4.37. The Morgan fingerprint density at radius 3 is 2.95 bits per heavy atom. The molecule has 1 aromatic carbocycles. The molecule has 0 aliphatic carbocycles. The highest BCUT2D eigenvalue weighted by Gasteiger charge is 2.24. The van der Waals surface area contributed by atoms with E-state index in [4.69, 9.17) is 14.0 Å². The van der Waals surface area contributed by atoms with Crippen LogP contribution >= 0.6 is 0 Å². The summed E-state index contributed by atoms with van der Waals surface area (Å²) in [6.45, 7) is 3.24. The molecular weight excluding hydrogens is 251 g/mol. The Bertz CT molecular complexity index is 579. The fourth-order valence-electron chi connectivity index (χ4n) is 1.91. The highest BCUT2D eigenvalue weighted by atomic mass is 19.1. The molecule has 0 spiro atoms. The van der Waals surface area contributed by atoms with Gasteiger partial charge in [-0.05, 0) is 24.6 Å². The molecule has 0 unspecified atom stereocenters. The van der Waals surface area contributed by atoms with Gasteiger partial charge in [0.2, 0.25) is 5.82 Å². The summed E-state index contributed by atoms with van der Waals surface area (Å²) in [6.07, 6.45) is -0.372. The largest absolute Gasteiger partial charge is 0.376 e. The first-order chi connectivity index (χ1) is 9.24. The zero-order valence-corrected chi connectivity index (χ0v) is 10.4. The lowest BCUT2D eigenvalue weighted by Gasteiger charge is -2.19. The number of aryl methyl sites for hydroxylation is 1. The summed E-state index contributed by atoms with van der Waals surface area (Å²) in [6, 6.07) is 4.87. The second-order valence-electron chi connectivity index (χ2n) is 4.37. The number of hydrogen-bond acceptors (Lipinski definition) is 5. The summed E-state index contributed by atoms with van der Waals surface area (Å²) in [5.41, 5.74) is 1.16. The van der Waals surface area contributed by atoms with Crippen molar-refractivity contribution in [3.05, 3.63) is 35.5 Å². The van der Waals surface area contributed by atoms with Crippen molar-refractivity contribution >= 4 is 0 Å². The predicted molar refractivity (Wildman–Crippen MR) is 63.9 cm³/mol. The molecule has 1 saturated heterocycles. The van der Waals surface area contributed by atoms with E-state index in [9.17, 15) is 4.39 Å². The Hall–Kier alpha value is -1.79. The Balaban J connectivity index is 1.87. The molecule has 0 bridgehead atoms. The zero-order valence-electron chi connectivity index (χ0n) is 10.4. The zero-order chi connectivity index (χ0) is 13.2. The molecule has 1 fully saturated rings. The SMILES string of the molecule is Cc1ccc(-c2noc([C@H]3COCCO3)n2)c(F)c1. The third kappa shape index (κ3) is 2.50. The van der Waals surface area contributed by atoms with Crippen LogP contribution in [0.3, 0.4) is 0 Å². The van der Waals surface area contributed by atoms with Crippen LogP contribution in [-0.2, 0) is 9.47 Å². The summed E-state index contributed by atoms with van der Waals surface area (Å²) in [7, 11) is 0. The molecule has 5 nitrogen and oxygen atoms in total. The number of hydrogen-bond donors (Lipinski definition) is 0. The van der Waals surface area contributed by atoms with Crippen molar-refractivity contribution in [3.8, 4) is 11.4 Å². The van der Waals surface area contributed by atoms with E-state index >= 15 is 0 Å². The van der Waals surface area contributed by atoms with Gasteiger partial charge in [-0.2, -0.15) is 4.98 Å². The standard InChI is InChI=1S/C13H13FN2O3/c1-8-2-3-9(10(14)6-8)12-15-13(19-16-12)11-7-17-4-5-18-11/h2-3,6,11H,4-5,7H2,1H3/t11-/m1/s1. The number of rotatable bonds is 2. The van der Waals surface area contributed by atoms with Gasteiger partial charge in [0.05, 0.1) is 25.4 Å². The first-order valence-corrected chi connectivity index (χ1v) is 6.03. The van der Waals surface area contributed by atoms with Crippen LogP contribution < -0.4 is 0 Å². The summed E-state index contributed by atoms with van der Waals surface area (Å²) in [5, 5.41) is 3.79. The number of halogens is 1. The van der Waals surface area contributed by atoms with E-state index in [1.807, 2.05) is 6.92 Å². The highest BCUT2D eigenvalue weighted by Crippen LogP contribution is 2.24. The van der Waals surface area contributed by atoms with Crippen LogP contribution in [0, 0.1) is 12.7 Å². The lowest BCUT2D eigenvalue weighted by Crippen LogP contribution is -2.22. The van der Waals surface area contributed by atoms with Crippen molar-refractivity contribution in [2.24, 2.45) is 0 Å². The van der Waals surface area contributed by atoms with E-state index in [-0.39, 0.29) is 17.7 Å². The van der Waals surface area contributed by atoms with Gasteiger partial charge in [0.25, 0.3) is 5.89 Å². The van der Waals surface area contributed by atoms with Crippen LogP contribution in [-0.4, -0.2) is 30.0 Å². The Morgan fingerprint density at radius 2 is 2.21 bits per heavy atom. The summed E-state index contributed by atoms with van der Waals surface area (Å²) in [4.78, 5) is 4.17. The van der Waals surface area contributed by atoms with Crippen LogP contribution in [0.25, 0.3) is 11.4 Å². The first-order valence-electron chi connectivity index (χ1n) is 6.03. The molecule has 6 heteroatoms. The van der Waals surface area contributed by atoms with Crippen LogP contribution in [0.2, 0.25) is 0 Å². The lowest BCUT2D eigenvalue weighted by molar-refractivity contribution is -0.101. The van der Waals surface area contributed by atoms with Crippen molar-refractivity contribution in [3.63, 3.8) is 0 Å². The molecule has 0 radical (unpaired) electrons. The predicted octanol–water partition coefficient (Wildman–Crippen LogP) is 2.27. The van der Waals surface area contributed by atoms with Gasteiger partial charge in [-0.3, -0.25) is 0 Å². The molecule has 100 valence electrons. The van der Waals surface area contributed by atoms with Gasteiger partial charge >= 0.3 is 0 Å². The minimum absolute atomic E-state index is 0.224. The molecule has 19 heavy (non-hydrogen) atoms. The first kappa shape index (κ1) is 12.3. The van der Waals surface area contributed by atoms with E-state index in [1.165, 1.54) is 6.07 Å². The normalized spacial score (nSPS) is 19.6. The molecule has 3 rings (SSSR count). The number of benzene rings is 1. The van der Waals surface area contributed by atoms with Crippen LogP contribution in [0.4, 0.5) is 4.39 Å². The summed E-state index contributed by atoms with van der Waals surface area (Å²) < 4.78 is 29.6. The van der Waals surface area contributed by atoms with Crippen molar-refractivity contribution < 1.29 is 18.4 Å². The van der Waals surface area contributed by atoms with Gasteiger partial charge in [0, 0.05) is 0 Å². The molecule has 1 aliphatic heterocycles. The van der Waals surface area contributed by atoms with Crippen LogP contribution in [0.15, 0.2) is 22.7 Å². The monoisotopic (exact) mass is 264 g/mol. The third-order valence-electron chi connectivity index (χ3n) is 2.90. The van der Waals surface area contributed by atoms with Crippen LogP contribution in [0.1, 0.15) is 17.6 Å². The van der Waals surface area contributed by atoms with Gasteiger partial charge in [-0.1, -0.05) is 11.2 Å². The van der Waals surface area contributed by atoms with Gasteiger partial charge < -0.3 is 14.0 Å². The van der Waals surface area contributed by atoms with E-state index in [0.717, 1.165) is 5.56 Å². The second kappa shape index (κ2) is 5.07.